The number of benzene rings is 1. The Morgan fingerprint density at radius 1 is 1.14 bits per heavy atom. The second kappa shape index (κ2) is 6.71. The van der Waals surface area contributed by atoms with Gasteiger partial charge in [0.05, 0.1) is 6.04 Å². The highest BCUT2D eigenvalue weighted by atomic mass is 32.1. The van der Waals surface area contributed by atoms with Gasteiger partial charge >= 0.3 is 0 Å². The molecule has 1 atom stereocenters. The number of allylic oxidation sites excluding steroid dienone is 1. The van der Waals surface area contributed by atoms with Crippen molar-refractivity contribution in [3.63, 3.8) is 0 Å². The van der Waals surface area contributed by atoms with E-state index in [-0.39, 0.29) is 11.9 Å². The summed E-state index contributed by atoms with van der Waals surface area (Å²) in [6.07, 6.45) is 10.1. The summed E-state index contributed by atoms with van der Waals surface area (Å²) in [6, 6.07) is 7.49. The Morgan fingerprint density at radius 2 is 2.00 bits per heavy atom. The number of fused-ring (bicyclic) bond motifs is 1. The maximum Gasteiger partial charge on any atom is 0.123 e. The molecule has 2 aromatic rings. The zero-order valence-electron chi connectivity index (χ0n) is 12.5. The fraction of sp³-hybridized carbons (Fsp3) is 0.444. The van der Waals surface area contributed by atoms with Crippen LogP contribution in [0.15, 0.2) is 35.9 Å². The van der Waals surface area contributed by atoms with Crippen molar-refractivity contribution in [1.29, 1.82) is 0 Å². The molecular weight excluding hydrogens is 281 g/mol. The number of rotatable bonds is 3. The molecule has 1 aromatic carbocycles. The lowest BCUT2D eigenvalue weighted by Gasteiger charge is -2.20. The molecule has 0 radical (unpaired) electrons. The molecule has 1 nitrogen and oxygen atoms in total. The Bertz CT molecular complexity index is 644. The van der Waals surface area contributed by atoms with Gasteiger partial charge in [-0.1, -0.05) is 24.5 Å². The third kappa shape index (κ3) is 3.35. The molecule has 1 aliphatic rings. The van der Waals surface area contributed by atoms with Crippen LogP contribution in [0.3, 0.4) is 0 Å². The second-order valence-electron chi connectivity index (χ2n) is 5.78. The van der Waals surface area contributed by atoms with Crippen molar-refractivity contribution in [2.24, 2.45) is 0 Å². The molecule has 0 amide bonds. The molecule has 1 unspecified atom stereocenters. The van der Waals surface area contributed by atoms with Crippen molar-refractivity contribution in [3.8, 4) is 0 Å². The molecular formula is C18H22FNS. The van der Waals surface area contributed by atoms with E-state index in [1.807, 2.05) is 13.1 Å². The van der Waals surface area contributed by atoms with Crippen molar-refractivity contribution < 1.29 is 4.39 Å². The maximum atomic E-state index is 13.4. The van der Waals surface area contributed by atoms with E-state index >= 15 is 0 Å². The lowest BCUT2D eigenvalue weighted by molar-refractivity contribution is 0.577. The van der Waals surface area contributed by atoms with Crippen LogP contribution < -0.4 is 5.32 Å². The molecule has 0 saturated carbocycles. The predicted octanol–water partition coefficient (Wildman–Crippen LogP) is 5.58. The molecule has 1 N–H and O–H groups in total. The average Bonchev–Trinajstić information content (AvgIpc) is 2.84. The Kier molecular flexibility index (Phi) is 4.71. The topological polar surface area (TPSA) is 12.0 Å². The Labute approximate surface area is 129 Å². The summed E-state index contributed by atoms with van der Waals surface area (Å²) in [5.74, 6) is -0.155. The third-order valence-electron chi connectivity index (χ3n) is 4.27. The first-order chi connectivity index (χ1) is 10.3. The van der Waals surface area contributed by atoms with Gasteiger partial charge in [-0.05, 0) is 62.4 Å². The second-order valence-corrected chi connectivity index (χ2v) is 6.90. The molecule has 1 aliphatic carbocycles. The summed E-state index contributed by atoms with van der Waals surface area (Å²) < 4.78 is 14.5. The van der Waals surface area contributed by atoms with Crippen LogP contribution in [0.4, 0.5) is 4.39 Å². The number of halogens is 1. The van der Waals surface area contributed by atoms with E-state index in [0.717, 1.165) is 10.1 Å². The largest absolute Gasteiger partial charge is 0.309 e. The quantitative estimate of drug-likeness (QED) is 0.730. The molecule has 0 spiro atoms. The molecule has 0 bridgehead atoms. The highest BCUT2D eigenvalue weighted by molar-refractivity contribution is 7.19. The van der Waals surface area contributed by atoms with Crippen LogP contribution >= 0.6 is 11.3 Å². The molecule has 112 valence electrons. The lowest BCUT2D eigenvalue weighted by Crippen LogP contribution is -2.18. The zero-order valence-corrected chi connectivity index (χ0v) is 13.3. The van der Waals surface area contributed by atoms with Crippen LogP contribution in [-0.2, 0) is 0 Å². The molecule has 3 heteroatoms. The standard InChI is InChI=1S/C18H22FNS/c1-20-18(13-7-5-3-2-4-6-8-13)17-12-14-11-15(19)9-10-16(14)21-17/h7,9-12,18,20H,2-6,8H2,1H3/b13-7+. The highest BCUT2D eigenvalue weighted by Gasteiger charge is 2.18. The Balaban J connectivity index is 1.93. The van der Waals surface area contributed by atoms with Crippen LogP contribution in [0.1, 0.15) is 49.4 Å². The fourth-order valence-electron chi connectivity index (χ4n) is 3.17. The van der Waals surface area contributed by atoms with E-state index in [1.54, 1.807) is 23.5 Å². The number of thiophene rings is 1. The van der Waals surface area contributed by atoms with E-state index in [1.165, 1.54) is 49.0 Å². The van der Waals surface area contributed by atoms with Gasteiger partial charge in [-0.2, -0.15) is 0 Å². The monoisotopic (exact) mass is 303 g/mol. The Morgan fingerprint density at radius 3 is 2.86 bits per heavy atom. The van der Waals surface area contributed by atoms with Crippen molar-refractivity contribution in [1.82, 2.24) is 5.32 Å². The molecule has 3 rings (SSSR count). The number of likely N-dealkylation sites (N-methyl/N-ethyl adjacent to an activating group) is 1. The first kappa shape index (κ1) is 14.7. The van der Waals surface area contributed by atoms with Crippen molar-refractivity contribution >= 4 is 21.4 Å². The normalized spacial score (nSPS) is 20.6. The van der Waals surface area contributed by atoms with Gasteiger partial charge in [0.2, 0.25) is 0 Å². The summed E-state index contributed by atoms with van der Waals surface area (Å²) in [7, 11) is 2.02. The molecule has 0 fully saturated rings. The summed E-state index contributed by atoms with van der Waals surface area (Å²) in [4.78, 5) is 1.30. The van der Waals surface area contributed by atoms with E-state index in [9.17, 15) is 4.39 Å². The van der Waals surface area contributed by atoms with Crippen LogP contribution in [0, 0.1) is 5.82 Å². The molecule has 1 heterocycles. The summed E-state index contributed by atoms with van der Waals surface area (Å²) in [5, 5.41) is 4.48. The van der Waals surface area contributed by atoms with E-state index in [2.05, 4.69) is 17.5 Å². The number of nitrogens with one attached hydrogen (secondary N) is 1. The first-order valence-corrected chi connectivity index (χ1v) is 8.65. The van der Waals surface area contributed by atoms with E-state index in [0.29, 0.717) is 0 Å². The van der Waals surface area contributed by atoms with Crippen LogP contribution in [0.2, 0.25) is 0 Å². The average molecular weight is 303 g/mol. The fourth-order valence-corrected chi connectivity index (χ4v) is 4.36. The maximum absolute atomic E-state index is 13.4. The highest BCUT2D eigenvalue weighted by Crippen LogP contribution is 2.35. The zero-order chi connectivity index (χ0) is 14.7. The lowest BCUT2D eigenvalue weighted by atomic mass is 9.94. The summed E-state index contributed by atoms with van der Waals surface area (Å²) in [5.41, 5.74) is 1.50. The molecule has 1 aromatic heterocycles. The molecule has 0 aliphatic heterocycles. The minimum Gasteiger partial charge on any atom is -0.309 e. The van der Waals surface area contributed by atoms with Gasteiger partial charge in [0.15, 0.2) is 0 Å². The smallest absolute Gasteiger partial charge is 0.123 e. The minimum atomic E-state index is -0.155. The first-order valence-electron chi connectivity index (χ1n) is 7.83. The van der Waals surface area contributed by atoms with Gasteiger partial charge in [-0.25, -0.2) is 4.39 Å². The minimum absolute atomic E-state index is 0.155. The molecule has 0 saturated heterocycles. The van der Waals surface area contributed by atoms with Crippen molar-refractivity contribution in [3.05, 3.63) is 46.6 Å². The van der Waals surface area contributed by atoms with Crippen LogP contribution in [-0.4, -0.2) is 7.05 Å². The SMILES string of the molecule is CNC(/C1=C/CCCCCC1)c1cc2cc(F)ccc2s1. The summed E-state index contributed by atoms with van der Waals surface area (Å²) >= 11 is 1.77. The van der Waals surface area contributed by atoms with Gasteiger partial charge < -0.3 is 5.32 Å². The van der Waals surface area contributed by atoms with Gasteiger partial charge in [0.1, 0.15) is 5.82 Å². The third-order valence-corrected chi connectivity index (χ3v) is 5.45. The van der Waals surface area contributed by atoms with Gasteiger partial charge in [-0.3, -0.25) is 0 Å². The van der Waals surface area contributed by atoms with Gasteiger partial charge in [0.25, 0.3) is 0 Å². The summed E-state index contributed by atoms with van der Waals surface area (Å²) in [6.45, 7) is 0. The van der Waals surface area contributed by atoms with E-state index < -0.39 is 0 Å². The number of hydrogen-bond acceptors (Lipinski definition) is 2. The van der Waals surface area contributed by atoms with Crippen LogP contribution in [0.25, 0.3) is 10.1 Å². The van der Waals surface area contributed by atoms with Crippen molar-refractivity contribution in [2.75, 3.05) is 7.05 Å². The predicted molar refractivity (Wildman–Crippen MR) is 89.4 cm³/mol. The van der Waals surface area contributed by atoms with Crippen molar-refractivity contribution in [2.45, 2.75) is 44.6 Å². The Hall–Kier alpha value is -1.19. The van der Waals surface area contributed by atoms with Crippen LogP contribution in [0.5, 0.6) is 0 Å². The van der Waals surface area contributed by atoms with Gasteiger partial charge in [-0.15, -0.1) is 11.3 Å². The van der Waals surface area contributed by atoms with Gasteiger partial charge in [0, 0.05) is 9.58 Å². The number of hydrogen-bond donors (Lipinski definition) is 1. The molecule has 21 heavy (non-hydrogen) atoms. The van der Waals surface area contributed by atoms with E-state index in [4.69, 9.17) is 0 Å².